The molecule has 9 nitrogen and oxygen atoms in total. The van der Waals surface area contributed by atoms with E-state index < -0.39 is 10.8 Å². The van der Waals surface area contributed by atoms with Crippen LogP contribution in [0.4, 0.5) is 11.4 Å². The highest BCUT2D eigenvalue weighted by Crippen LogP contribution is 2.30. The topological polar surface area (TPSA) is 124 Å². The second kappa shape index (κ2) is 13.3. The van der Waals surface area contributed by atoms with E-state index in [1.54, 1.807) is 54.6 Å². The van der Waals surface area contributed by atoms with Gasteiger partial charge in [0, 0.05) is 17.8 Å². The molecule has 4 rings (SSSR count). The van der Waals surface area contributed by atoms with Crippen molar-refractivity contribution in [2.75, 3.05) is 12.4 Å². The summed E-state index contributed by atoms with van der Waals surface area (Å²) in [4.78, 5) is 23.1. The lowest BCUT2D eigenvalue weighted by Crippen LogP contribution is -2.13. The summed E-state index contributed by atoms with van der Waals surface area (Å²) in [6.07, 6.45) is 1.45. The number of methoxy groups -OCH3 is 1. The number of nitro groups is 1. The molecule has 0 aliphatic carbocycles. The number of nitriles is 1. The predicted octanol–water partition coefficient (Wildman–Crippen LogP) is 6.31. The van der Waals surface area contributed by atoms with Crippen molar-refractivity contribution < 1.29 is 23.9 Å². The molecule has 1 N–H and O–H groups in total. The van der Waals surface area contributed by atoms with Crippen molar-refractivity contribution in [3.63, 3.8) is 0 Å². The molecular weight excluding hydrogens is 510 g/mol. The van der Waals surface area contributed by atoms with Crippen LogP contribution in [0.15, 0.2) is 103 Å². The van der Waals surface area contributed by atoms with E-state index in [-0.39, 0.29) is 17.9 Å². The molecule has 0 saturated carbocycles. The van der Waals surface area contributed by atoms with Gasteiger partial charge in [-0.15, -0.1) is 0 Å². The lowest BCUT2D eigenvalue weighted by molar-refractivity contribution is -0.384. The van der Waals surface area contributed by atoms with Gasteiger partial charge in [-0.25, -0.2) is 0 Å². The number of non-ortho nitro benzene ring substituents is 1. The Kier molecular flexibility index (Phi) is 9.09. The van der Waals surface area contributed by atoms with Gasteiger partial charge in [0.1, 0.15) is 30.6 Å². The zero-order chi connectivity index (χ0) is 28.3. The summed E-state index contributed by atoms with van der Waals surface area (Å²) in [5.41, 5.74) is 2.78. The largest absolute Gasteiger partial charge is 0.493 e. The molecule has 0 aliphatic heterocycles. The maximum atomic E-state index is 12.8. The second-order valence-corrected chi connectivity index (χ2v) is 8.55. The van der Waals surface area contributed by atoms with Gasteiger partial charge in [0.25, 0.3) is 11.6 Å². The second-order valence-electron chi connectivity index (χ2n) is 8.55. The molecule has 200 valence electrons. The molecule has 0 fully saturated rings. The fourth-order valence-corrected chi connectivity index (χ4v) is 3.66. The Balaban J connectivity index is 1.37. The van der Waals surface area contributed by atoms with Gasteiger partial charge in [-0.1, -0.05) is 36.4 Å². The highest BCUT2D eigenvalue weighted by atomic mass is 16.6. The van der Waals surface area contributed by atoms with Crippen molar-refractivity contribution in [3.05, 3.63) is 129 Å². The normalized spacial score (nSPS) is 10.8. The molecule has 0 aliphatic rings. The van der Waals surface area contributed by atoms with Crippen molar-refractivity contribution in [1.82, 2.24) is 0 Å². The summed E-state index contributed by atoms with van der Waals surface area (Å²) < 4.78 is 17.0. The number of nitrogens with zero attached hydrogens (tertiary/aromatic N) is 2. The number of nitrogens with one attached hydrogen (secondary N) is 1. The summed E-state index contributed by atoms with van der Waals surface area (Å²) in [5.74, 6) is 0.939. The van der Waals surface area contributed by atoms with Crippen LogP contribution in [0.3, 0.4) is 0 Å². The summed E-state index contributed by atoms with van der Waals surface area (Å²) >= 11 is 0. The Hall–Kier alpha value is -5.62. The number of rotatable bonds is 11. The number of amides is 1. The van der Waals surface area contributed by atoms with E-state index in [2.05, 4.69) is 5.32 Å². The van der Waals surface area contributed by atoms with Crippen LogP contribution in [0.5, 0.6) is 17.2 Å². The van der Waals surface area contributed by atoms with Crippen molar-refractivity contribution in [2.45, 2.75) is 13.2 Å². The molecule has 9 heteroatoms. The minimum atomic E-state index is -0.557. The third-order valence-electron chi connectivity index (χ3n) is 5.77. The lowest BCUT2D eigenvalue weighted by Gasteiger charge is -2.12. The standard InChI is InChI=1S/C31H25N3O6/c1-38-30-18-24(9-16-29(30)40-21-23-7-12-27(13-8-23)34(36)37)17-25(19-32)31(35)33-26-10-14-28(15-11-26)39-20-22-5-3-2-4-6-22/h2-18H,20-21H2,1H3,(H,33,35)/b25-17+. The van der Waals surface area contributed by atoms with Crippen LogP contribution < -0.4 is 19.5 Å². The summed E-state index contributed by atoms with van der Waals surface area (Å²) in [6.45, 7) is 0.601. The van der Waals surface area contributed by atoms with Gasteiger partial charge in [-0.05, 0) is 71.3 Å². The fraction of sp³-hybridized carbons (Fsp3) is 0.0968. The average molecular weight is 536 g/mol. The number of carbonyl (C=O) groups excluding carboxylic acids is 1. The fourth-order valence-electron chi connectivity index (χ4n) is 3.66. The zero-order valence-corrected chi connectivity index (χ0v) is 21.6. The summed E-state index contributed by atoms with van der Waals surface area (Å²) in [5, 5.41) is 23.1. The minimum absolute atomic E-state index is 0.000304. The van der Waals surface area contributed by atoms with Crippen LogP contribution in [0.25, 0.3) is 6.08 Å². The predicted molar refractivity (Wildman–Crippen MR) is 150 cm³/mol. The van der Waals surface area contributed by atoms with Crippen molar-refractivity contribution in [3.8, 4) is 23.3 Å². The molecule has 0 atom stereocenters. The van der Waals surface area contributed by atoms with Gasteiger partial charge in [-0.2, -0.15) is 5.26 Å². The molecule has 0 aromatic heterocycles. The molecule has 0 saturated heterocycles. The molecule has 0 unspecified atom stereocenters. The van der Waals surface area contributed by atoms with Crippen LogP contribution in [-0.4, -0.2) is 17.9 Å². The molecule has 4 aromatic carbocycles. The Morgan fingerprint density at radius 3 is 2.23 bits per heavy atom. The third kappa shape index (κ3) is 7.46. The van der Waals surface area contributed by atoms with Gasteiger partial charge in [0.15, 0.2) is 11.5 Å². The van der Waals surface area contributed by atoms with E-state index in [0.717, 1.165) is 11.1 Å². The molecule has 4 aromatic rings. The summed E-state index contributed by atoms with van der Waals surface area (Å²) in [7, 11) is 1.48. The van der Waals surface area contributed by atoms with Gasteiger partial charge in [0.2, 0.25) is 0 Å². The Labute approximate surface area is 231 Å². The molecule has 0 heterocycles. The highest BCUT2D eigenvalue weighted by Gasteiger charge is 2.12. The van der Waals surface area contributed by atoms with Crippen molar-refractivity contribution in [1.29, 1.82) is 5.26 Å². The number of benzene rings is 4. The van der Waals surface area contributed by atoms with Gasteiger partial charge < -0.3 is 19.5 Å². The van der Waals surface area contributed by atoms with Crippen LogP contribution in [0, 0.1) is 21.4 Å². The first kappa shape index (κ1) is 27.4. The number of anilines is 1. The maximum absolute atomic E-state index is 12.8. The zero-order valence-electron chi connectivity index (χ0n) is 21.6. The third-order valence-corrected chi connectivity index (χ3v) is 5.77. The average Bonchev–Trinajstić information content (AvgIpc) is 2.99. The number of hydrogen-bond donors (Lipinski definition) is 1. The number of ether oxygens (including phenoxy) is 3. The highest BCUT2D eigenvalue weighted by molar-refractivity contribution is 6.09. The van der Waals surface area contributed by atoms with E-state index in [4.69, 9.17) is 14.2 Å². The van der Waals surface area contributed by atoms with E-state index in [1.807, 2.05) is 36.4 Å². The number of hydrogen-bond acceptors (Lipinski definition) is 7. The van der Waals surface area contributed by atoms with Crippen molar-refractivity contribution in [2.24, 2.45) is 0 Å². The minimum Gasteiger partial charge on any atom is -0.493 e. The van der Waals surface area contributed by atoms with Crippen LogP contribution in [0.1, 0.15) is 16.7 Å². The van der Waals surface area contributed by atoms with Gasteiger partial charge >= 0.3 is 0 Å². The quantitative estimate of drug-likeness (QED) is 0.103. The van der Waals surface area contributed by atoms with E-state index in [0.29, 0.717) is 35.1 Å². The Morgan fingerprint density at radius 1 is 0.900 bits per heavy atom. The molecule has 0 spiro atoms. The maximum Gasteiger partial charge on any atom is 0.269 e. The Morgan fingerprint density at radius 2 is 1.57 bits per heavy atom. The first-order chi connectivity index (χ1) is 19.4. The monoisotopic (exact) mass is 535 g/mol. The van der Waals surface area contributed by atoms with E-state index in [1.165, 1.54) is 25.3 Å². The van der Waals surface area contributed by atoms with Gasteiger partial charge in [0.05, 0.1) is 12.0 Å². The first-order valence-corrected chi connectivity index (χ1v) is 12.2. The number of carbonyl (C=O) groups is 1. The lowest BCUT2D eigenvalue weighted by atomic mass is 10.1. The summed E-state index contributed by atoms with van der Waals surface area (Å²) in [6, 6.07) is 29.7. The van der Waals surface area contributed by atoms with E-state index in [9.17, 15) is 20.2 Å². The molecular formula is C31H25N3O6. The van der Waals surface area contributed by atoms with Crippen LogP contribution in [0.2, 0.25) is 0 Å². The first-order valence-electron chi connectivity index (χ1n) is 12.2. The molecule has 0 bridgehead atoms. The molecule has 0 radical (unpaired) electrons. The van der Waals surface area contributed by atoms with Crippen molar-refractivity contribution >= 4 is 23.4 Å². The SMILES string of the molecule is COc1cc(/C=C(\C#N)C(=O)Nc2ccc(OCc3ccccc3)cc2)ccc1OCc1ccc([N+](=O)[O-])cc1. The van der Waals surface area contributed by atoms with Crippen LogP contribution in [-0.2, 0) is 18.0 Å². The molecule has 1 amide bonds. The number of nitro benzene ring substituents is 1. The smallest absolute Gasteiger partial charge is 0.269 e. The molecule has 40 heavy (non-hydrogen) atoms. The van der Waals surface area contributed by atoms with E-state index >= 15 is 0 Å². The Bertz CT molecular complexity index is 1540. The van der Waals surface area contributed by atoms with Crippen LogP contribution >= 0.6 is 0 Å². The van der Waals surface area contributed by atoms with Gasteiger partial charge in [-0.3, -0.25) is 14.9 Å².